The molecule has 1 saturated heterocycles. The summed E-state index contributed by atoms with van der Waals surface area (Å²) in [6.45, 7) is 7.36. The molecular weight excluding hydrogens is 252 g/mol. The molecule has 4 nitrogen and oxygen atoms in total. The maximum Gasteiger partial charge on any atom is 0.410 e. The van der Waals surface area contributed by atoms with E-state index in [0.29, 0.717) is 12.1 Å². The zero-order valence-corrected chi connectivity index (χ0v) is 13.0. The Hall–Kier alpha value is -1.03. The highest BCUT2D eigenvalue weighted by Gasteiger charge is 2.26. The van der Waals surface area contributed by atoms with Crippen LogP contribution in [0.15, 0.2) is 12.2 Å². The predicted molar refractivity (Wildman–Crippen MR) is 80.7 cm³/mol. The van der Waals surface area contributed by atoms with Gasteiger partial charge in [0.1, 0.15) is 5.60 Å². The molecule has 0 aromatic carbocycles. The van der Waals surface area contributed by atoms with Crippen LogP contribution < -0.4 is 5.32 Å². The molecule has 1 amide bonds. The molecule has 1 fully saturated rings. The van der Waals surface area contributed by atoms with Gasteiger partial charge >= 0.3 is 6.09 Å². The summed E-state index contributed by atoms with van der Waals surface area (Å²) >= 11 is 0. The van der Waals surface area contributed by atoms with Crippen molar-refractivity contribution in [3.8, 4) is 0 Å². The van der Waals surface area contributed by atoms with Crippen LogP contribution >= 0.6 is 0 Å². The van der Waals surface area contributed by atoms with Gasteiger partial charge in [0.15, 0.2) is 0 Å². The van der Waals surface area contributed by atoms with Crippen molar-refractivity contribution in [2.24, 2.45) is 0 Å². The second-order valence-electron chi connectivity index (χ2n) is 6.90. The highest BCUT2D eigenvalue weighted by Crippen LogP contribution is 2.18. The van der Waals surface area contributed by atoms with Crippen LogP contribution in [0.25, 0.3) is 0 Å². The van der Waals surface area contributed by atoms with E-state index in [-0.39, 0.29) is 6.09 Å². The number of hydrogen-bond acceptors (Lipinski definition) is 3. The fourth-order valence-electron chi connectivity index (χ4n) is 2.86. The number of amides is 1. The molecule has 0 spiro atoms. The van der Waals surface area contributed by atoms with Gasteiger partial charge in [0, 0.05) is 25.2 Å². The van der Waals surface area contributed by atoms with Gasteiger partial charge in [-0.2, -0.15) is 0 Å². The molecule has 1 atom stereocenters. The molecule has 0 saturated carbocycles. The van der Waals surface area contributed by atoms with Gasteiger partial charge in [-0.15, -0.1) is 0 Å². The Kier molecular flexibility index (Phi) is 5.08. The minimum atomic E-state index is -0.406. The van der Waals surface area contributed by atoms with E-state index in [4.69, 9.17) is 4.74 Å². The number of carbonyl (C=O) groups excluding carboxylic acids is 1. The van der Waals surface area contributed by atoms with Crippen molar-refractivity contribution in [2.45, 2.75) is 70.6 Å². The molecule has 0 aromatic rings. The van der Waals surface area contributed by atoms with Crippen LogP contribution in [-0.4, -0.2) is 41.8 Å². The van der Waals surface area contributed by atoms with Gasteiger partial charge in [0.25, 0.3) is 0 Å². The molecule has 0 radical (unpaired) electrons. The predicted octanol–water partition coefficient (Wildman–Crippen LogP) is 3.08. The SMILES string of the molecule is CC(C)(C)OC(=O)N1CCCC(NC2CC=CC2)CC1. The largest absolute Gasteiger partial charge is 0.444 e. The molecule has 1 N–H and O–H groups in total. The molecule has 2 rings (SSSR count). The quantitative estimate of drug-likeness (QED) is 0.790. The maximum atomic E-state index is 12.1. The molecule has 0 bridgehead atoms. The number of rotatable bonds is 2. The van der Waals surface area contributed by atoms with Crippen LogP contribution in [0.3, 0.4) is 0 Å². The molecule has 1 heterocycles. The van der Waals surface area contributed by atoms with E-state index in [1.807, 2.05) is 25.7 Å². The van der Waals surface area contributed by atoms with Crippen LogP contribution in [0.1, 0.15) is 52.9 Å². The molecule has 0 aromatic heterocycles. The number of nitrogens with zero attached hydrogens (tertiary/aromatic N) is 1. The Bertz CT molecular complexity index is 352. The summed E-state index contributed by atoms with van der Waals surface area (Å²) in [4.78, 5) is 14.0. The second kappa shape index (κ2) is 6.61. The van der Waals surface area contributed by atoms with E-state index in [1.165, 1.54) is 0 Å². The van der Waals surface area contributed by atoms with Gasteiger partial charge in [-0.3, -0.25) is 0 Å². The summed E-state index contributed by atoms with van der Waals surface area (Å²) in [6, 6.07) is 1.14. The normalized spacial score (nSPS) is 24.8. The number of nitrogens with one attached hydrogen (secondary N) is 1. The van der Waals surface area contributed by atoms with Crippen molar-refractivity contribution in [3.05, 3.63) is 12.2 Å². The molecule has 114 valence electrons. The zero-order valence-electron chi connectivity index (χ0n) is 13.0. The van der Waals surface area contributed by atoms with Gasteiger partial charge < -0.3 is 15.0 Å². The highest BCUT2D eigenvalue weighted by molar-refractivity contribution is 5.68. The van der Waals surface area contributed by atoms with E-state index in [9.17, 15) is 4.79 Å². The van der Waals surface area contributed by atoms with Crippen LogP contribution in [0.5, 0.6) is 0 Å². The molecule has 20 heavy (non-hydrogen) atoms. The second-order valence-corrected chi connectivity index (χ2v) is 6.90. The molecule has 1 aliphatic carbocycles. The van der Waals surface area contributed by atoms with E-state index in [0.717, 1.165) is 45.2 Å². The van der Waals surface area contributed by atoms with Crippen molar-refractivity contribution >= 4 is 6.09 Å². The summed E-state index contributed by atoms with van der Waals surface area (Å²) < 4.78 is 5.46. The smallest absolute Gasteiger partial charge is 0.410 e. The van der Waals surface area contributed by atoms with Gasteiger partial charge in [0.2, 0.25) is 0 Å². The lowest BCUT2D eigenvalue weighted by atomic mass is 10.1. The molecule has 2 aliphatic rings. The number of ether oxygens (including phenoxy) is 1. The maximum absolute atomic E-state index is 12.1. The third-order valence-corrected chi connectivity index (χ3v) is 3.86. The average Bonchev–Trinajstić information content (AvgIpc) is 2.72. The highest BCUT2D eigenvalue weighted by atomic mass is 16.6. The first-order chi connectivity index (χ1) is 9.44. The summed E-state index contributed by atoms with van der Waals surface area (Å²) in [5, 5.41) is 3.72. The van der Waals surface area contributed by atoms with Crippen molar-refractivity contribution in [2.75, 3.05) is 13.1 Å². The third-order valence-electron chi connectivity index (χ3n) is 3.86. The number of hydrogen-bond donors (Lipinski definition) is 1. The number of likely N-dealkylation sites (tertiary alicyclic amines) is 1. The van der Waals surface area contributed by atoms with E-state index in [2.05, 4.69) is 17.5 Å². The first kappa shape index (κ1) is 15.4. The Morgan fingerprint density at radius 3 is 2.50 bits per heavy atom. The van der Waals surface area contributed by atoms with E-state index >= 15 is 0 Å². The lowest BCUT2D eigenvalue weighted by Crippen LogP contribution is -2.39. The average molecular weight is 280 g/mol. The fraction of sp³-hybridized carbons (Fsp3) is 0.812. The van der Waals surface area contributed by atoms with Crippen LogP contribution in [-0.2, 0) is 4.74 Å². The Labute approximate surface area is 122 Å². The monoisotopic (exact) mass is 280 g/mol. The molecule has 1 unspecified atom stereocenters. The Balaban J connectivity index is 1.78. The van der Waals surface area contributed by atoms with Gasteiger partial charge in [-0.05, 0) is 52.9 Å². The van der Waals surface area contributed by atoms with Crippen LogP contribution in [0.2, 0.25) is 0 Å². The van der Waals surface area contributed by atoms with E-state index in [1.54, 1.807) is 0 Å². The standard InChI is InChI=1S/C16H28N2O2/c1-16(2,3)20-15(19)18-11-6-9-14(10-12-18)17-13-7-4-5-8-13/h4-5,13-14,17H,6-12H2,1-3H3. The minimum absolute atomic E-state index is 0.166. The fourth-order valence-corrected chi connectivity index (χ4v) is 2.86. The van der Waals surface area contributed by atoms with Gasteiger partial charge in [0.05, 0.1) is 0 Å². The van der Waals surface area contributed by atoms with Crippen molar-refractivity contribution < 1.29 is 9.53 Å². The molecule has 4 heteroatoms. The Morgan fingerprint density at radius 2 is 1.85 bits per heavy atom. The summed E-state index contributed by atoms with van der Waals surface area (Å²) in [6.07, 6.45) is 9.85. The number of carbonyl (C=O) groups is 1. The topological polar surface area (TPSA) is 41.6 Å². The minimum Gasteiger partial charge on any atom is -0.444 e. The summed E-state index contributed by atoms with van der Waals surface area (Å²) in [5.41, 5.74) is -0.406. The molecule has 1 aliphatic heterocycles. The van der Waals surface area contributed by atoms with Crippen LogP contribution in [0, 0.1) is 0 Å². The first-order valence-electron chi connectivity index (χ1n) is 7.83. The van der Waals surface area contributed by atoms with Crippen LogP contribution in [0.4, 0.5) is 4.79 Å². The Morgan fingerprint density at radius 1 is 1.15 bits per heavy atom. The molecular formula is C16H28N2O2. The van der Waals surface area contributed by atoms with Crippen molar-refractivity contribution in [1.82, 2.24) is 10.2 Å². The van der Waals surface area contributed by atoms with Gasteiger partial charge in [-0.1, -0.05) is 12.2 Å². The third kappa shape index (κ3) is 4.82. The first-order valence-corrected chi connectivity index (χ1v) is 7.83. The summed E-state index contributed by atoms with van der Waals surface area (Å²) in [5.74, 6) is 0. The van der Waals surface area contributed by atoms with Crippen molar-refractivity contribution in [1.29, 1.82) is 0 Å². The zero-order chi connectivity index (χ0) is 14.6. The van der Waals surface area contributed by atoms with Crippen molar-refractivity contribution in [3.63, 3.8) is 0 Å². The lowest BCUT2D eigenvalue weighted by molar-refractivity contribution is 0.0256. The van der Waals surface area contributed by atoms with E-state index < -0.39 is 5.60 Å². The van der Waals surface area contributed by atoms with Gasteiger partial charge in [-0.25, -0.2) is 4.79 Å². The lowest BCUT2D eigenvalue weighted by Gasteiger charge is -2.26. The summed E-state index contributed by atoms with van der Waals surface area (Å²) in [7, 11) is 0.